The molecule has 0 unspecified atom stereocenters. The number of anilines is 3. The number of fused-ring (bicyclic) bond motifs is 5. The van der Waals surface area contributed by atoms with E-state index in [1.54, 1.807) is 0 Å². The fourth-order valence-electron chi connectivity index (χ4n) is 6.47. The van der Waals surface area contributed by atoms with E-state index < -0.39 is 0 Å². The van der Waals surface area contributed by atoms with Crippen molar-refractivity contribution < 1.29 is 4.74 Å². The summed E-state index contributed by atoms with van der Waals surface area (Å²) in [5, 5.41) is 2.64. The van der Waals surface area contributed by atoms with E-state index in [2.05, 4.69) is 157 Å². The van der Waals surface area contributed by atoms with Crippen LogP contribution < -0.4 is 9.64 Å². The van der Waals surface area contributed by atoms with E-state index >= 15 is 0 Å². The molecule has 0 N–H and O–H groups in total. The van der Waals surface area contributed by atoms with Gasteiger partial charge in [0.05, 0.1) is 11.4 Å². The predicted molar refractivity (Wildman–Crippen MR) is 190 cm³/mol. The van der Waals surface area contributed by atoms with Gasteiger partial charge >= 0.3 is 0 Å². The highest BCUT2D eigenvalue weighted by molar-refractivity contribution is 7.26. The van der Waals surface area contributed by atoms with Crippen LogP contribution in [0.5, 0.6) is 11.5 Å². The average Bonchev–Trinajstić information content (AvgIpc) is 3.50. The zero-order valence-corrected chi connectivity index (χ0v) is 25.2. The third kappa shape index (κ3) is 4.40. The van der Waals surface area contributed by atoms with E-state index in [0.29, 0.717) is 0 Å². The van der Waals surface area contributed by atoms with E-state index in [-0.39, 0.29) is 0 Å². The Morgan fingerprint density at radius 1 is 0.422 bits per heavy atom. The zero-order chi connectivity index (χ0) is 29.7. The van der Waals surface area contributed by atoms with Crippen molar-refractivity contribution in [1.29, 1.82) is 0 Å². The Morgan fingerprint density at radius 3 is 1.62 bits per heavy atom. The van der Waals surface area contributed by atoms with Gasteiger partial charge in [-0.15, -0.1) is 11.3 Å². The fraction of sp³-hybridized carbons (Fsp3) is 0. The highest BCUT2D eigenvalue weighted by atomic mass is 32.1. The molecule has 0 aliphatic carbocycles. The molecule has 9 rings (SSSR count). The molecular weight excluding hydrogens is 567 g/mol. The number of thiophene rings is 1. The lowest BCUT2D eigenvalue weighted by Crippen LogP contribution is -2.16. The first-order valence-corrected chi connectivity index (χ1v) is 16.0. The molecule has 45 heavy (non-hydrogen) atoms. The summed E-state index contributed by atoms with van der Waals surface area (Å²) in [6.45, 7) is 0. The molecule has 0 atom stereocenters. The van der Waals surface area contributed by atoms with Gasteiger partial charge in [0.2, 0.25) is 0 Å². The van der Waals surface area contributed by atoms with Crippen LogP contribution in [0.15, 0.2) is 164 Å². The SMILES string of the molecule is c1ccc(-c2ccc3c(c2)Oc2cc(-c4ccccc4)ccc2N3c2ccc(-c3cccc4c3sc3ccccc34)cc2)cc1. The van der Waals surface area contributed by atoms with Crippen LogP contribution in [0.2, 0.25) is 0 Å². The van der Waals surface area contributed by atoms with Crippen LogP contribution in [0.3, 0.4) is 0 Å². The van der Waals surface area contributed by atoms with E-state index in [4.69, 9.17) is 4.74 Å². The summed E-state index contributed by atoms with van der Waals surface area (Å²) in [7, 11) is 0. The van der Waals surface area contributed by atoms with Crippen molar-refractivity contribution in [2.24, 2.45) is 0 Å². The molecule has 2 nitrogen and oxygen atoms in total. The Hall–Kier alpha value is -5.64. The first-order valence-electron chi connectivity index (χ1n) is 15.2. The number of benzene rings is 7. The molecule has 8 aromatic rings. The van der Waals surface area contributed by atoms with Gasteiger partial charge in [0.1, 0.15) is 0 Å². The van der Waals surface area contributed by atoms with Crippen molar-refractivity contribution in [3.05, 3.63) is 164 Å². The Balaban J connectivity index is 1.17. The van der Waals surface area contributed by atoms with Crippen molar-refractivity contribution in [1.82, 2.24) is 0 Å². The smallest absolute Gasteiger partial charge is 0.152 e. The molecule has 0 bridgehead atoms. The van der Waals surface area contributed by atoms with Crippen LogP contribution >= 0.6 is 11.3 Å². The van der Waals surface area contributed by atoms with Gasteiger partial charge in [0.15, 0.2) is 11.5 Å². The second-order valence-corrected chi connectivity index (χ2v) is 12.4. The summed E-state index contributed by atoms with van der Waals surface area (Å²) < 4.78 is 9.33. The average molecular weight is 594 g/mol. The molecule has 3 heteroatoms. The summed E-state index contributed by atoms with van der Waals surface area (Å²) in [4.78, 5) is 2.32. The minimum atomic E-state index is 0.841. The zero-order valence-electron chi connectivity index (χ0n) is 24.4. The van der Waals surface area contributed by atoms with Crippen LogP contribution in [0.1, 0.15) is 0 Å². The lowest BCUT2D eigenvalue weighted by molar-refractivity contribution is 0.477. The first-order chi connectivity index (χ1) is 22.3. The topological polar surface area (TPSA) is 12.5 Å². The summed E-state index contributed by atoms with van der Waals surface area (Å²) in [6.07, 6.45) is 0. The molecule has 0 spiro atoms. The highest BCUT2D eigenvalue weighted by Gasteiger charge is 2.27. The van der Waals surface area contributed by atoms with Gasteiger partial charge in [-0.05, 0) is 75.8 Å². The molecule has 0 saturated heterocycles. The van der Waals surface area contributed by atoms with Crippen molar-refractivity contribution in [3.63, 3.8) is 0 Å². The number of ether oxygens (including phenoxy) is 1. The van der Waals surface area contributed by atoms with Crippen molar-refractivity contribution in [2.75, 3.05) is 4.90 Å². The maximum Gasteiger partial charge on any atom is 0.152 e. The Kier molecular flexibility index (Phi) is 6.03. The van der Waals surface area contributed by atoms with Crippen LogP contribution in [-0.4, -0.2) is 0 Å². The minimum Gasteiger partial charge on any atom is -0.453 e. The molecule has 7 aromatic carbocycles. The van der Waals surface area contributed by atoms with E-state index in [9.17, 15) is 0 Å². The van der Waals surface area contributed by atoms with Gasteiger partial charge in [0, 0.05) is 25.9 Å². The van der Waals surface area contributed by atoms with Crippen molar-refractivity contribution >= 4 is 48.6 Å². The minimum absolute atomic E-state index is 0.841. The Labute approximate surface area is 266 Å². The predicted octanol–water partition coefficient (Wildman–Crippen LogP) is 12.6. The molecule has 1 aliphatic heterocycles. The quantitative estimate of drug-likeness (QED) is 0.201. The molecule has 212 valence electrons. The second kappa shape index (κ2) is 10.5. The van der Waals surface area contributed by atoms with Crippen molar-refractivity contribution in [3.8, 4) is 44.9 Å². The van der Waals surface area contributed by atoms with Gasteiger partial charge in [-0.1, -0.05) is 121 Å². The first kappa shape index (κ1) is 25.8. The van der Waals surface area contributed by atoms with Gasteiger partial charge in [-0.25, -0.2) is 0 Å². The van der Waals surface area contributed by atoms with Gasteiger partial charge < -0.3 is 9.64 Å². The van der Waals surface area contributed by atoms with Gasteiger partial charge in [0.25, 0.3) is 0 Å². The lowest BCUT2D eigenvalue weighted by Gasteiger charge is -2.33. The third-order valence-electron chi connectivity index (χ3n) is 8.68. The second-order valence-electron chi connectivity index (χ2n) is 11.4. The molecule has 0 saturated carbocycles. The number of nitrogens with zero attached hydrogens (tertiary/aromatic N) is 1. The summed E-state index contributed by atoms with van der Waals surface area (Å²) >= 11 is 1.87. The highest BCUT2D eigenvalue weighted by Crippen LogP contribution is 2.52. The largest absolute Gasteiger partial charge is 0.453 e. The molecule has 1 aliphatic rings. The normalized spacial score (nSPS) is 12.1. The van der Waals surface area contributed by atoms with E-state index in [1.807, 2.05) is 23.5 Å². The summed E-state index contributed by atoms with van der Waals surface area (Å²) in [6, 6.07) is 58.3. The molecule has 0 radical (unpaired) electrons. The maximum atomic E-state index is 6.68. The van der Waals surface area contributed by atoms with Crippen LogP contribution in [0.4, 0.5) is 17.1 Å². The number of rotatable bonds is 4. The van der Waals surface area contributed by atoms with E-state index in [0.717, 1.165) is 39.7 Å². The summed E-state index contributed by atoms with van der Waals surface area (Å²) in [5.41, 5.74) is 10.2. The van der Waals surface area contributed by atoms with Gasteiger partial charge in [-0.2, -0.15) is 0 Å². The Morgan fingerprint density at radius 2 is 0.978 bits per heavy atom. The lowest BCUT2D eigenvalue weighted by atomic mass is 10.00. The molecule has 2 heterocycles. The standard InChI is InChI=1S/C42H27NOS/c1-3-10-28(11-4-1)31-20-24-37-39(26-31)44-40-27-32(29-12-5-2-6-13-29)21-25-38(40)43(37)33-22-18-30(19-23-33)34-15-9-16-36-35-14-7-8-17-41(35)45-42(34)36/h1-27H. The monoisotopic (exact) mass is 593 g/mol. The van der Waals surface area contributed by atoms with Crippen molar-refractivity contribution in [2.45, 2.75) is 0 Å². The molecular formula is C42H27NOS. The molecule has 1 aromatic heterocycles. The van der Waals surface area contributed by atoms with Crippen LogP contribution in [0.25, 0.3) is 53.6 Å². The number of hydrogen-bond acceptors (Lipinski definition) is 3. The van der Waals surface area contributed by atoms with Gasteiger partial charge in [-0.3, -0.25) is 0 Å². The number of hydrogen-bond donors (Lipinski definition) is 0. The van der Waals surface area contributed by atoms with Crippen LogP contribution in [-0.2, 0) is 0 Å². The van der Waals surface area contributed by atoms with Crippen LogP contribution in [0, 0.1) is 0 Å². The fourth-order valence-corrected chi connectivity index (χ4v) is 7.71. The van der Waals surface area contributed by atoms with E-state index in [1.165, 1.54) is 42.4 Å². The molecule has 0 amide bonds. The Bertz CT molecular complexity index is 2250. The summed E-state index contributed by atoms with van der Waals surface area (Å²) in [5.74, 6) is 1.68. The molecule has 0 fully saturated rings. The maximum absolute atomic E-state index is 6.68. The third-order valence-corrected chi connectivity index (χ3v) is 9.90.